The minimum absolute atomic E-state index is 0.000301. The molecule has 7 heteroatoms. The Labute approximate surface area is 117 Å². The van der Waals surface area contributed by atoms with Gasteiger partial charge in [-0.15, -0.1) is 0 Å². The number of nitro benzene ring substituents is 1. The van der Waals surface area contributed by atoms with Crippen molar-refractivity contribution < 1.29 is 14.5 Å². The Morgan fingerprint density at radius 1 is 1.55 bits per heavy atom. The molecular weight excluding hydrogens is 262 g/mol. The van der Waals surface area contributed by atoms with Gasteiger partial charge in [0.25, 0.3) is 5.69 Å². The highest BCUT2D eigenvalue weighted by atomic mass is 16.6. The molecule has 7 nitrogen and oxygen atoms in total. The van der Waals surface area contributed by atoms with Crippen LogP contribution in [0.25, 0.3) is 0 Å². The number of rotatable bonds is 7. The lowest BCUT2D eigenvalue weighted by Crippen LogP contribution is -2.33. The van der Waals surface area contributed by atoms with Crippen LogP contribution in [0.15, 0.2) is 24.3 Å². The molecule has 110 valence electrons. The second-order valence-corrected chi connectivity index (χ2v) is 4.44. The first-order valence-electron chi connectivity index (χ1n) is 6.24. The second-order valence-electron chi connectivity index (χ2n) is 4.44. The topological polar surface area (TPSA) is 107 Å². The van der Waals surface area contributed by atoms with Crippen LogP contribution < -0.4 is 11.1 Å². The highest BCUT2D eigenvalue weighted by Gasteiger charge is 2.16. The van der Waals surface area contributed by atoms with E-state index in [1.165, 1.54) is 19.2 Å². The van der Waals surface area contributed by atoms with E-state index in [4.69, 9.17) is 10.5 Å². The summed E-state index contributed by atoms with van der Waals surface area (Å²) in [5.74, 6) is -0.207. The van der Waals surface area contributed by atoms with E-state index in [2.05, 4.69) is 5.32 Å². The van der Waals surface area contributed by atoms with Gasteiger partial charge in [0.05, 0.1) is 23.5 Å². The van der Waals surface area contributed by atoms with Crippen LogP contribution in [0.5, 0.6) is 0 Å². The van der Waals surface area contributed by atoms with Crippen molar-refractivity contribution >= 4 is 11.6 Å². The summed E-state index contributed by atoms with van der Waals surface area (Å²) in [6.45, 7) is 2.02. The highest BCUT2D eigenvalue weighted by Crippen LogP contribution is 2.19. The molecule has 2 unspecified atom stereocenters. The maximum atomic E-state index is 11.8. The van der Waals surface area contributed by atoms with E-state index in [1.54, 1.807) is 19.1 Å². The van der Waals surface area contributed by atoms with Gasteiger partial charge in [-0.1, -0.05) is 12.1 Å². The molecule has 0 spiro atoms. The van der Waals surface area contributed by atoms with Gasteiger partial charge in [-0.05, 0) is 12.5 Å². The molecule has 1 aromatic rings. The normalized spacial score (nSPS) is 13.6. The molecule has 0 bridgehead atoms. The Morgan fingerprint density at radius 3 is 2.80 bits per heavy atom. The molecule has 1 amide bonds. The Morgan fingerprint density at radius 2 is 2.25 bits per heavy atom. The molecule has 3 N–H and O–H groups in total. The van der Waals surface area contributed by atoms with Crippen LogP contribution in [-0.4, -0.2) is 30.6 Å². The fourth-order valence-electron chi connectivity index (χ4n) is 1.76. The number of amides is 1. The number of hydrogen-bond acceptors (Lipinski definition) is 5. The summed E-state index contributed by atoms with van der Waals surface area (Å²) in [5.41, 5.74) is 6.12. The Balaban J connectivity index is 2.66. The molecule has 0 saturated carbocycles. The maximum Gasteiger partial charge on any atom is 0.269 e. The van der Waals surface area contributed by atoms with E-state index in [9.17, 15) is 14.9 Å². The molecule has 0 saturated heterocycles. The third-order valence-electron chi connectivity index (χ3n) is 2.97. The first kappa shape index (κ1) is 16.1. The van der Waals surface area contributed by atoms with Crippen molar-refractivity contribution in [3.63, 3.8) is 0 Å². The number of benzene rings is 1. The lowest BCUT2D eigenvalue weighted by atomic mass is 10.1. The largest absolute Gasteiger partial charge is 0.380 e. The summed E-state index contributed by atoms with van der Waals surface area (Å²) >= 11 is 0. The zero-order valence-electron chi connectivity index (χ0n) is 11.5. The molecule has 20 heavy (non-hydrogen) atoms. The number of nitrogens with two attached hydrogens (primary N) is 1. The first-order valence-corrected chi connectivity index (χ1v) is 6.24. The van der Waals surface area contributed by atoms with E-state index in [0.717, 1.165) is 0 Å². The summed E-state index contributed by atoms with van der Waals surface area (Å²) in [4.78, 5) is 22.0. The van der Waals surface area contributed by atoms with Gasteiger partial charge < -0.3 is 15.8 Å². The summed E-state index contributed by atoms with van der Waals surface area (Å²) in [7, 11) is 1.49. The highest BCUT2D eigenvalue weighted by molar-refractivity contribution is 5.77. The smallest absolute Gasteiger partial charge is 0.269 e. The molecule has 0 fully saturated rings. The summed E-state index contributed by atoms with van der Waals surface area (Å²) in [6, 6.07) is 5.86. The van der Waals surface area contributed by atoms with Gasteiger partial charge in [0.15, 0.2) is 0 Å². The lowest BCUT2D eigenvalue weighted by Gasteiger charge is -2.17. The van der Waals surface area contributed by atoms with Gasteiger partial charge in [0.1, 0.15) is 0 Å². The minimum Gasteiger partial charge on any atom is -0.380 e. The van der Waals surface area contributed by atoms with Crippen LogP contribution in [0.2, 0.25) is 0 Å². The van der Waals surface area contributed by atoms with E-state index >= 15 is 0 Å². The number of methoxy groups -OCH3 is 1. The average Bonchev–Trinajstić information content (AvgIpc) is 2.44. The van der Waals surface area contributed by atoms with Crippen LogP contribution in [0.3, 0.4) is 0 Å². The fourth-order valence-corrected chi connectivity index (χ4v) is 1.76. The zero-order chi connectivity index (χ0) is 15.1. The Bertz CT molecular complexity index is 474. The minimum atomic E-state index is -0.465. The summed E-state index contributed by atoms with van der Waals surface area (Å²) in [5, 5.41) is 13.5. The van der Waals surface area contributed by atoms with Crippen molar-refractivity contribution in [1.82, 2.24) is 5.32 Å². The van der Waals surface area contributed by atoms with Crippen molar-refractivity contribution in [2.75, 3.05) is 13.7 Å². The fraction of sp³-hybridized carbons (Fsp3) is 0.462. The molecule has 0 heterocycles. The van der Waals surface area contributed by atoms with Crippen LogP contribution in [0.4, 0.5) is 5.69 Å². The van der Waals surface area contributed by atoms with Gasteiger partial charge in [0.2, 0.25) is 5.91 Å². The predicted octanol–water partition coefficient (Wildman–Crippen LogP) is 1.14. The van der Waals surface area contributed by atoms with Gasteiger partial charge >= 0.3 is 0 Å². The van der Waals surface area contributed by atoms with Crippen molar-refractivity contribution in [2.24, 2.45) is 5.73 Å². The third kappa shape index (κ3) is 4.60. The summed E-state index contributed by atoms with van der Waals surface area (Å²) < 4.78 is 5.03. The predicted molar refractivity (Wildman–Crippen MR) is 74.1 cm³/mol. The van der Waals surface area contributed by atoms with Gasteiger partial charge in [0, 0.05) is 25.8 Å². The van der Waals surface area contributed by atoms with Crippen molar-refractivity contribution in [3.8, 4) is 0 Å². The van der Waals surface area contributed by atoms with Gasteiger partial charge in [-0.2, -0.15) is 0 Å². The molecule has 2 atom stereocenters. The molecule has 0 aromatic heterocycles. The molecule has 0 radical (unpaired) electrons. The number of carbonyl (C=O) groups excluding carboxylic acids is 1. The Kier molecular flexibility index (Phi) is 6.08. The molecule has 0 aliphatic heterocycles. The quantitative estimate of drug-likeness (QED) is 0.575. The Hall–Kier alpha value is -1.99. The lowest BCUT2D eigenvalue weighted by molar-refractivity contribution is -0.384. The molecule has 1 aromatic carbocycles. The van der Waals surface area contributed by atoms with E-state index in [1.807, 2.05) is 0 Å². The number of nitrogens with one attached hydrogen (secondary N) is 1. The van der Waals surface area contributed by atoms with Crippen LogP contribution in [-0.2, 0) is 9.53 Å². The van der Waals surface area contributed by atoms with Crippen LogP contribution in [0.1, 0.15) is 24.9 Å². The van der Waals surface area contributed by atoms with Crippen LogP contribution in [0, 0.1) is 10.1 Å². The van der Waals surface area contributed by atoms with Gasteiger partial charge in [-0.3, -0.25) is 14.9 Å². The number of carbonyl (C=O) groups is 1. The second kappa shape index (κ2) is 7.56. The number of nitrogens with zero attached hydrogens (tertiary/aromatic N) is 1. The SMILES string of the molecule is COC(CN)CC(=O)NC(C)c1cccc([N+](=O)[O-])c1. The number of ether oxygens (including phenoxy) is 1. The van der Waals surface area contributed by atoms with Crippen molar-refractivity contribution in [3.05, 3.63) is 39.9 Å². The van der Waals surface area contributed by atoms with E-state index < -0.39 is 4.92 Å². The average molecular weight is 281 g/mol. The standard InChI is InChI=1S/C13H19N3O4/c1-9(15-13(17)7-12(8-14)20-2)10-4-3-5-11(6-10)16(18)19/h3-6,9,12H,7-8,14H2,1-2H3,(H,15,17). The molecule has 0 aliphatic rings. The maximum absolute atomic E-state index is 11.8. The first-order chi connectivity index (χ1) is 9.47. The number of hydrogen-bond donors (Lipinski definition) is 2. The molecule has 0 aliphatic carbocycles. The number of nitro groups is 1. The molecular formula is C13H19N3O4. The molecule has 1 rings (SSSR count). The summed E-state index contributed by atoms with van der Waals surface area (Å²) in [6.07, 6.45) is -0.168. The van der Waals surface area contributed by atoms with E-state index in [-0.39, 0.29) is 36.7 Å². The zero-order valence-corrected chi connectivity index (χ0v) is 11.5. The van der Waals surface area contributed by atoms with Gasteiger partial charge in [-0.25, -0.2) is 0 Å². The van der Waals surface area contributed by atoms with Crippen molar-refractivity contribution in [2.45, 2.75) is 25.5 Å². The monoisotopic (exact) mass is 281 g/mol. The third-order valence-corrected chi connectivity index (χ3v) is 2.97. The number of non-ortho nitro benzene ring substituents is 1. The van der Waals surface area contributed by atoms with E-state index in [0.29, 0.717) is 5.56 Å². The van der Waals surface area contributed by atoms with Crippen molar-refractivity contribution in [1.29, 1.82) is 0 Å². The van der Waals surface area contributed by atoms with Crippen LogP contribution >= 0.6 is 0 Å².